The van der Waals surface area contributed by atoms with Crippen molar-refractivity contribution in [2.45, 2.75) is 45.1 Å². The molecule has 5 nitrogen and oxygen atoms in total. The van der Waals surface area contributed by atoms with Crippen LogP contribution in [0, 0.1) is 5.92 Å². The molecule has 0 amide bonds. The third-order valence-corrected chi connectivity index (χ3v) is 7.53. The molecule has 5 heteroatoms. The largest absolute Gasteiger partial charge is 0.329 e. The lowest BCUT2D eigenvalue weighted by molar-refractivity contribution is 0.0915. The molecule has 0 bridgehead atoms. The Balaban J connectivity index is 1.19. The summed E-state index contributed by atoms with van der Waals surface area (Å²) >= 11 is 0. The monoisotopic (exact) mass is 413 g/mol. The molecule has 4 heterocycles. The van der Waals surface area contributed by atoms with Gasteiger partial charge >= 0.3 is 0 Å². The van der Waals surface area contributed by atoms with Crippen LogP contribution in [-0.2, 0) is 7.05 Å². The summed E-state index contributed by atoms with van der Waals surface area (Å²) in [7, 11) is 1.97. The lowest BCUT2D eigenvalue weighted by Crippen LogP contribution is -2.45. The van der Waals surface area contributed by atoms with Crippen LogP contribution in [0.1, 0.15) is 44.6 Å². The smallest absolute Gasteiger partial charge is 0.136 e. The van der Waals surface area contributed by atoms with Gasteiger partial charge in [0.1, 0.15) is 5.84 Å². The number of fused-ring (bicyclic) bond motifs is 2. The number of rotatable bonds is 3. The average molecular weight is 414 g/mol. The predicted octanol–water partition coefficient (Wildman–Crippen LogP) is 4.74. The number of aromatic nitrogens is 2. The second-order valence-electron chi connectivity index (χ2n) is 9.60. The highest BCUT2D eigenvalue weighted by molar-refractivity contribution is 6.04. The zero-order valence-electron chi connectivity index (χ0n) is 18.6. The third kappa shape index (κ3) is 3.45. The minimum absolute atomic E-state index is 0.686. The molecule has 160 valence electrons. The van der Waals surface area contributed by atoms with Crippen LogP contribution in [0.25, 0.3) is 16.6 Å². The summed E-state index contributed by atoms with van der Waals surface area (Å²) < 4.78 is 1.87. The zero-order chi connectivity index (χ0) is 20.9. The maximum Gasteiger partial charge on any atom is 0.136 e. The van der Waals surface area contributed by atoms with Gasteiger partial charge in [-0.1, -0.05) is 18.6 Å². The van der Waals surface area contributed by atoms with Gasteiger partial charge in [-0.25, -0.2) is 4.99 Å². The van der Waals surface area contributed by atoms with E-state index in [-0.39, 0.29) is 0 Å². The van der Waals surface area contributed by atoms with Gasteiger partial charge in [-0.15, -0.1) is 0 Å². The summed E-state index contributed by atoms with van der Waals surface area (Å²) in [6, 6.07) is 7.32. The van der Waals surface area contributed by atoms with E-state index < -0.39 is 0 Å². The predicted molar refractivity (Wildman–Crippen MR) is 127 cm³/mol. The second-order valence-corrected chi connectivity index (χ2v) is 9.60. The van der Waals surface area contributed by atoms with Crippen LogP contribution < -0.4 is 0 Å². The van der Waals surface area contributed by atoms with E-state index in [0.717, 1.165) is 35.0 Å². The highest BCUT2D eigenvalue weighted by atomic mass is 15.2. The van der Waals surface area contributed by atoms with Gasteiger partial charge in [-0.05, 0) is 81.0 Å². The zero-order valence-corrected chi connectivity index (χ0v) is 18.6. The first-order valence-electron chi connectivity index (χ1n) is 11.8. The van der Waals surface area contributed by atoms with Crippen molar-refractivity contribution in [3.05, 3.63) is 59.5 Å². The van der Waals surface area contributed by atoms with E-state index in [2.05, 4.69) is 64.6 Å². The van der Waals surface area contributed by atoms with Crippen molar-refractivity contribution < 1.29 is 0 Å². The fourth-order valence-electron chi connectivity index (χ4n) is 5.52. The first-order chi connectivity index (χ1) is 15.1. The van der Waals surface area contributed by atoms with Crippen molar-refractivity contribution >= 4 is 22.4 Å². The number of allylic oxidation sites excluding steroid dienone is 2. The molecule has 2 aromatic rings. The highest BCUT2D eigenvalue weighted by Crippen LogP contribution is 2.35. The van der Waals surface area contributed by atoms with E-state index in [1.807, 2.05) is 11.7 Å². The van der Waals surface area contributed by atoms with E-state index in [4.69, 9.17) is 4.99 Å². The van der Waals surface area contributed by atoms with Crippen LogP contribution >= 0.6 is 0 Å². The standard InChI is InChI=1S/C26H31N5/c1-18-14-21(19-8-11-30(12-9-19)23-4-3-5-23)17-31-13-10-24(27-26(18)31)20-6-7-25-22(15-20)16-29(2)28-25/h6-7,10,14-17,19,23H,3-5,8-9,11-13H2,1-2H3. The summed E-state index contributed by atoms with van der Waals surface area (Å²) in [5, 5.41) is 5.65. The SMILES string of the molecule is CC1=CC(C2CCN(C3CCC3)CC2)=CN2CC=C(c3ccc4nn(C)cc4c3)N=C12. The van der Waals surface area contributed by atoms with E-state index in [0.29, 0.717) is 5.92 Å². The molecule has 3 aliphatic heterocycles. The fraction of sp³-hybridized carbons (Fsp3) is 0.462. The fourth-order valence-corrected chi connectivity index (χ4v) is 5.52. The van der Waals surface area contributed by atoms with E-state index in [9.17, 15) is 0 Å². The molecule has 1 aromatic carbocycles. The van der Waals surface area contributed by atoms with Gasteiger partial charge in [0.25, 0.3) is 0 Å². The normalized spacial score (nSPS) is 23.1. The van der Waals surface area contributed by atoms with Crippen molar-refractivity contribution in [2.75, 3.05) is 19.6 Å². The van der Waals surface area contributed by atoms with Crippen LogP contribution in [0.5, 0.6) is 0 Å². The summed E-state index contributed by atoms with van der Waals surface area (Å²) in [5.41, 5.74) is 6.04. The van der Waals surface area contributed by atoms with Crippen molar-refractivity contribution in [1.82, 2.24) is 19.6 Å². The number of nitrogens with zero attached hydrogens (tertiary/aromatic N) is 5. The molecule has 0 radical (unpaired) electrons. The third-order valence-electron chi connectivity index (χ3n) is 7.53. The Kier molecular flexibility index (Phi) is 4.60. The number of amidine groups is 1. The van der Waals surface area contributed by atoms with Gasteiger partial charge < -0.3 is 9.80 Å². The minimum Gasteiger partial charge on any atom is -0.329 e. The number of hydrogen-bond acceptors (Lipinski definition) is 4. The van der Waals surface area contributed by atoms with Crippen LogP contribution in [0.2, 0.25) is 0 Å². The number of aryl methyl sites for hydroxylation is 1. The number of aliphatic imine (C=N–C) groups is 1. The maximum absolute atomic E-state index is 5.06. The average Bonchev–Trinajstić information content (AvgIpc) is 3.12. The number of benzene rings is 1. The van der Waals surface area contributed by atoms with Gasteiger partial charge in [0, 0.05) is 43.0 Å². The van der Waals surface area contributed by atoms with Crippen molar-refractivity contribution in [3.8, 4) is 0 Å². The maximum atomic E-state index is 5.06. The molecule has 1 aliphatic carbocycles. The molecule has 0 N–H and O–H groups in total. The molecule has 0 atom stereocenters. The molecular weight excluding hydrogens is 382 g/mol. The molecule has 2 fully saturated rings. The first kappa shape index (κ1) is 19.1. The van der Waals surface area contributed by atoms with Gasteiger partial charge in [-0.2, -0.15) is 5.10 Å². The molecule has 0 spiro atoms. The Morgan fingerprint density at radius 2 is 1.90 bits per heavy atom. The number of hydrogen-bond donors (Lipinski definition) is 0. The van der Waals surface area contributed by atoms with Crippen molar-refractivity contribution in [2.24, 2.45) is 18.0 Å². The Hall–Kier alpha value is -2.66. The Bertz CT molecular complexity index is 1140. The van der Waals surface area contributed by atoms with E-state index in [1.54, 1.807) is 0 Å². The lowest BCUT2D eigenvalue weighted by Gasteiger charge is -2.42. The summed E-state index contributed by atoms with van der Waals surface area (Å²) in [6.45, 7) is 5.63. The van der Waals surface area contributed by atoms with Crippen LogP contribution in [0.15, 0.2) is 58.9 Å². The summed E-state index contributed by atoms with van der Waals surface area (Å²) in [4.78, 5) is 10.1. The molecule has 4 aliphatic rings. The summed E-state index contributed by atoms with van der Waals surface area (Å²) in [5.74, 6) is 1.78. The molecule has 6 rings (SSSR count). The number of likely N-dealkylation sites (tertiary alicyclic amines) is 1. The summed E-state index contributed by atoms with van der Waals surface area (Å²) in [6.07, 6.45) is 15.9. The van der Waals surface area contributed by atoms with E-state index >= 15 is 0 Å². The number of piperidine rings is 1. The molecule has 0 unspecified atom stereocenters. The molecule has 31 heavy (non-hydrogen) atoms. The van der Waals surface area contributed by atoms with Crippen molar-refractivity contribution in [3.63, 3.8) is 0 Å². The highest BCUT2D eigenvalue weighted by Gasteiger charge is 2.31. The molecular formula is C26H31N5. The molecule has 1 aromatic heterocycles. The first-order valence-corrected chi connectivity index (χ1v) is 11.8. The lowest BCUT2D eigenvalue weighted by atomic mass is 9.84. The van der Waals surface area contributed by atoms with Crippen LogP contribution in [0.4, 0.5) is 0 Å². The Morgan fingerprint density at radius 3 is 2.68 bits per heavy atom. The molecule has 1 saturated carbocycles. The van der Waals surface area contributed by atoms with E-state index in [1.165, 1.54) is 61.9 Å². The Morgan fingerprint density at radius 1 is 1.06 bits per heavy atom. The van der Waals surface area contributed by atoms with Crippen LogP contribution in [-0.4, -0.2) is 51.1 Å². The van der Waals surface area contributed by atoms with Crippen LogP contribution in [0.3, 0.4) is 0 Å². The van der Waals surface area contributed by atoms with Gasteiger partial charge in [-0.3, -0.25) is 4.68 Å². The Labute approximate surface area is 184 Å². The quantitative estimate of drug-likeness (QED) is 0.729. The topological polar surface area (TPSA) is 36.7 Å². The molecule has 1 saturated heterocycles. The second kappa shape index (κ2) is 7.49. The van der Waals surface area contributed by atoms with Gasteiger partial charge in [0.05, 0.1) is 11.2 Å². The van der Waals surface area contributed by atoms with Gasteiger partial charge in [0.15, 0.2) is 0 Å². The van der Waals surface area contributed by atoms with Gasteiger partial charge in [0.2, 0.25) is 0 Å². The van der Waals surface area contributed by atoms with Crippen molar-refractivity contribution in [1.29, 1.82) is 0 Å². The minimum atomic E-state index is 0.686.